The molecule has 180 valence electrons. The summed E-state index contributed by atoms with van der Waals surface area (Å²) in [6, 6.07) is 12.5. The molecule has 0 saturated carbocycles. The summed E-state index contributed by atoms with van der Waals surface area (Å²) in [4.78, 5) is 42.7. The number of ether oxygens (including phenoxy) is 3. The van der Waals surface area contributed by atoms with Gasteiger partial charge in [-0.15, -0.1) is 0 Å². The molecule has 10 nitrogen and oxygen atoms in total. The second kappa shape index (κ2) is 10.3. The summed E-state index contributed by atoms with van der Waals surface area (Å²) < 4.78 is 17.1. The normalized spacial score (nSPS) is 10.7. The van der Waals surface area contributed by atoms with Gasteiger partial charge in [0.1, 0.15) is 11.6 Å². The van der Waals surface area contributed by atoms with Crippen molar-refractivity contribution >= 4 is 33.9 Å². The van der Waals surface area contributed by atoms with E-state index >= 15 is 0 Å². The second-order valence-corrected chi connectivity index (χ2v) is 8.32. The number of methoxy groups -OCH3 is 2. The van der Waals surface area contributed by atoms with Crippen LogP contribution in [0, 0.1) is 0 Å². The Morgan fingerprint density at radius 2 is 1.83 bits per heavy atom. The number of aryl methyl sites for hydroxylation is 1. The number of anilines is 1. The van der Waals surface area contributed by atoms with E-state index in [0.717, 1.165) is 5.01 Å². The van der Waals surface area contributed by atoms with Crippen LogP contribution < -0.4 is 20.3 Å². The number of rotatable bonds is 8. The molecule has 2 aromatic carbocycles. The molecule has 4 rings (SSSR count). The van der Waals surface area contributed by atoms with E-state index in [9.17, 15) is 14.4 Å². The van der Waals surface area contributed by atoms with Gasteiger partial charge in [0.05, 0.1) is 31.2 Å². The number of amides is 1. The zero-order valence-corrected chi connectivity index (χ0v) is 20.0. The zero-order chi connectivity index (χ0) is 24.9. The van der Waals surface area contributed by atoms with Gasteiger partial charge in [-0.05, 0) is 36.8 Å². The van der Waals surface area contributed by atoms with Crippen LogP contribution in [0.2, 0.25) is 0 Å². The quantitative estimate of drug-likeness (QED) is 0.370. The highest BCUT2D eigenvalue weighted by Crippen LogP contribution is 2.28. The molecule has 1 amide bonds. The fourth-order valence-electron chi connectivity index (χ4n) is 3.27. The Bertz CT molecular complexity index is 1460. The maximum Gasteiger partial charge on any atom is 0.340 e. The lowest BCUT2D eigenvalue weighted by Crippen LogP contribution is -2.18. The van der Waals surface area contributed by atoms with Gasteiger partial charge in [0.15, 0.2) is 11.5 Å². The lowest BCUT2D eigenvalue weighted by atomic mass is 10.1. The van der Waals surface area contributed by atoms with Crippen LogP contribution in [0.25, 0.3) is 4.96 Å². The van der Waals surface area contributed by atoms with Crippen LogP contribution in [0.15, 0.2) is 53.3 Å². The minimum absolute atomic E-state index is 0.158. The molecule has 2 heterocycles. The van der Waals surface area contributed by atoms with Crippen LogP contribution >= 0.6 is 11.3 Å². The lowest BCUT2D eigenvalue weighted by molar-refractivity contribution is 0.0469. The fraction of sp³-hybridized carbons (Fsp3) is 0.208. The maximum atomic E-state index is 12.8. The highest BCUT2D eigenvalue weighted by molar-refractivity contribution is 7.16. The van der Waals surface area contributed by atoms with Gasteiger partial charge < -0.3 is 19.5 Å². The third-order valence-corrected chi connectivity index (χ3v) is 6.09. The molecule has 0 atom stereocenters. The molecular weight excluding hydrogens is 472 g/mol. The molecule has 0 aliphatic heterocycles. The number of carbonyl (C=O) groups is 2. The average Bonchev–Trinajstić information content (AvgIpc) is 3.31. The van der Waals surface area contributed by atoms with E-state index in [2.05, 4.69) is 15.4 Å². The van der Waals surface area contributed by atoms with Gasteiger partial charge in [-0.25, -0.2) is 9.78 Å². The minimum Gasteiger partial charge on any atom is -0.493 e. The number of benzene rings is 2. The first-order valence-corrected chi connectivity index (χ1v) is 11.4. The minimum atomic E-state index is -0.672. The van der Waals surface area contributed by atoms with Gasteiger partial charge in [0, 0.05) is 11.6 Å². The molecule has 2 aromatic heterocycles. The number of hydrogen-bond donors (Lipinski definition) is 1. The topological polar surface area (TPSA) is 121 Å². The van der Waals surface area contributed by atoms with Gasteiger partial charge in [-0.1, -0.05) is 30.4 Å². The number of hydrogen-bond acceptors (Lipinski definition) is 9. The highest BCUT2D eigenvalue weighted by Gasteiger charge is 2.17. The molecule has 11 heteroatoms. The van der Waals surface area contributed by atoms with E-state index in [-0.39, 0.29) is 23.4 Å². The number of nitrogens with zero attached hydrogens (tertiary/aromatic N) is 3. The van der Waals surface area contributed by atoms with Crippen molar-refractivity contribution in [2.75, 3.05) is 19.5 Å². The Balaban J connectivity index is 1.50. The summed E-state index contributed by atoms with van der Waals surface area (Å²) in [6.45, 7) is 1.73. The van der Waals surface area contributed by atoms with Gasteiger partial charge in [0.25, 0.3) is 11.5 Å². The monoisotopic (exact) mass is 494 g/mol. The standard InChI is InChI=1S/C24H22N4O6S/c1-4-20-27-28-21(29)12-15(25-24(28)35-20)13-34-23(31)16-7-5-6-8-17(16)26-22(30)14-9-10-18(32-2)19(11-14)33-3/h5-12H,4,13H2,1-3H3,(H,26,30). The van der Waals surface area contributed by atoms with Crippen molar-refractivity contribution in [1.29, 1.82) is 0 Å². The van der Waals surface area contributed by atoms with Crippen LogP contribution in [0.1, 0.15) is 38.3 Å². The maximum absolute atomic E-state index is 12.8. The first-order chi connectivity index (χ1) is 16.9. The van der Waals surface area contributed by atoms with E-state index in [1.807, 2.05) is 6.92 Å². The summed E-state index contributed by atoms with van der Waals surface area (Å²) in [5, 5.41) is 7.70. The van der Waals surface area contributed by atoms with Gasteiger partial charge in [0.2, 0.25) is 4.96 Å². The van der Waals surface area contributed by atoms with Gasteiger partial charge in [-0.2, -0.15) is 9.61 Å². The Morgan fingerprint density at radius 3 is 2.57 bits per heavy atom. The Labute approximate surface area is 204 Å². The summed E-state index contributed by atoms with van der Waals surface area (Å²) in [6.07, 6.45) is 0.684. The molecule has 35 heavy (non-hydrogen) atoms. The van der Waals surface area contributed by atoms with Crippen molar-refractivity contribution in [3.05, 3.63) is 80.7 Å². The van der Waals surface area contributed by atoms with E-state index in [0.29, 0.717) is 34.1 Å². The third-order valence-electron chi connectivity index (χ3n) is 5.03. The molecule has 0 spiro atoms. The molecule has 0 aliphatic rings. The molecule has 0 aliphatic carbocycles. The molecular formula is C24H22N4O6S. The molecule has 0 saturated heterocycles. The van der Waals surface area contributed by atoms with Crippen molar-refractivity contribution in [2.24, 2.45) is 0 Å². The average molecular weight is 495 g/mol. The summed E-state index contributed by atoms with van der Waals surface area (Å²) in [5.74, 6) is -0.221. The molecule has 0 bridgehead atoms. The summed E-state index contributed by atoms with van der Waals surface area (Å²) >= 11 is 1.30. The van der Waals surface area contributed by atoms with Crippen LogP contribution in [0.3, 0.4) is 0 Å². The van der Waals surface area contributed by atoms with E-state index in [1.165, 1.54) is 42.2 Å². The number of para-hydroxylation sites is 1. The van der Waals surface area contributed by atoms with Crippen LogP contribution in [0.4, 0.5) is 5.69 Å². The van der Waals surface area contributed by atoms with E-state index in [4.69, 9.17) is 14.2 Å². The van der Waals surface area contributed by atoms with Gasteiger partial charge >= 0.3 is 5.97 Å². The molecule has 4 aromatic rings. The predicted molar refractivity (Wildman–Crippen MR) is 130 cm³/mol. The number of aromatic nitrogens is 3. The fourth-order valence-corrected chi connectivity index (χ4v) is 4.13. The van der Waals surface area contributed by atoms with E-state index in [1.54, 1.807) is 36.4 Å². The molecule has 1 N–H and O–H groups in total. The zero-order valence-electron chi connectivity index (χ0n) is 19.2. The van der Waals surface area contributed by atoms with Crippen molar-refractivity contribution < 1.29 is 23.8 Å². The predicted octanol–water partition coefficient (Wildman–Crippen LogP) is 3.34. The van der Waals surface area contributed by atoms with Gasteiger partial charge in [-0.3, -0.25) is 9.59 Å². The van der Waals surface area contributed by atoms with E-state index < -0.39 is 11.9 Å². The van der Waals surface area contributed by atoms with Crippen molar-refractivity contribution in [3.8, 4) is 11.5 Å². The van der Waals surface area contributed by atoms with Crippen molar-refractivity contribution in [1.82, 2.24) is 14.6 Å². The Hall–Kier alpha value is -4.25. The summed E-state index contributed by atoms with van der Waals surface area (Å²) in [7, 11) is 2.98. The molecule has 0 unspecified atom stereocenters. The molecule has 0 fully saturated rings. The smallest absolute Gasteiger partial charge is 0.340 e. The molecule has 0 radical (unpaired) electrons. The highest BCUT2D eigenvalue weighted by atomic mass is 32.1. The first kappa shape index (κ1) is 23.9. The van der Waals surface area contributed by atoms with Crippen molar-refractivity contribution in [3.63, 3.8) is 0 Å². The number of esters is 1. The second-order valence-electron chi connectivity index (χ2n) is 7.28. The van der Waals surface area contributed by atoms with Crippen LogP contribution in [-0.4, -0.2) is 40.7 Å². The van der Waals surface area contributed by atoms with Crippen LogP contribution in [-0.2, 0) is 17.8 Å². The SMILES string of the molecule is CCc1nn2c(=O)cc(COC(=O)c3ccccc3NC(=O)c3ccc(OC)c(OC)c3)nc2s1. The first-order valence-electron chi connectivity index (χ1n) is 10.6. The number of nitrogens with one attached hydrogen (secondary N) is 1. The van der Waals surface area contributed by atoms with Crippen molar-refractivity contribution in [2.45, 2.75) is 20.0 Å². The number of carbonyl (C=O) groups excluding carboxylic acids is 2. The summed E-state index contributed by atoms with van der Waals surface area (Å²) in [5.41, 5.74) is 0.710. The Kier molecular flexibility index (Phi) is 7.06. The largest absolute Gasteiger partial charge is 0.493 e. The lowest BCUT2D eigenvalue weighted by Gasteiger charge is -2.12. The van der Waals surface area contributed by atoms with Crippen LogP contribution in [0.5, 0.6) is 11.5 Å². The third kappa shape index (κ3) is 5.14. The Morgan fingerprint density at radius 1 is 1.06 bits per heavy atom. The number of fused-ring (bicyclic) bond motifs is 1.